The second-order valence-electron chi connectivity index (χ2n) is 10.0. The van der Waals surface area contributed by atoms with Crippen molar-refractivity contribution in [2.45, 2.75) is 32.0 Å². The van der Waals surface area contributed by atoms with Gasteiger partial charge < -0.3 is 29.8 Å². The molecule has 3 aromatic heterocycles. The predicted molar refractivity (Wildman–Crippen MR) is 145 cm³/mol. The fourth-order valence-electron chi connectivity index (χ4n) is 5.06. The van der Waals surface area contributed by atoms with Crippen LogP contribution in [0.15, 0.2) is 36.8 Å². The zero-order chi connectivity index (χ0) is 30.0. The molecule has 11 nitrogen and oxygen atoms in total. The Morgan fingerprint density at radius 1 is 1.12 bits per heavy atom. The molecule has 0 aliphatic carbocycles. The number of hydrogen-bond acceptors (Lipinski definition) is 7. The number of piperazine rings is 1. The van der Waals surface area contributed by atoms with Crippen LogP contribution in [-0.4, -0.2) is 81.7 Å². The minimum absolute atomic E-state index is 0.235. The lowest BCUT2D eigenvalue weighted by Crippen LogP contribution is -2.43. The van der Waals surface area contributed by atoms with E-state index >= 15 is 0 Å². The first-order chi connectivity index (χ1) is 20.0. The van der Waals surface area contributed by atoms with Gasteiger partial charge in [0.05, 0.1) is 23.0 Å². The summed E-state index contributed by atoms with van der Waals surface area (Å²) in [5.41, 5.74) is 3.50. The second kappa shape index (κ2) is 11.9. The van der Waals surface area contributed by atoms with Crippen LogP contribution in [0.3, 0.4) is 0 Å². The van der Waals surface area contributed by atoms with Crippen LogP contribution >= 0.6 is 0 Å². The second-order valence-corrected chi connectivity index (χ2v) is 10.0. The number of pyridine rings is 1. The fourth-order valence-corrected chi connectivity index (χ4v) is 5.06. The molecule has 0 bridgehead atoms. The molecule has 0 saturated carbocycles. The van der Waals surface area contributed by atoms with Crippen LogP contribution in [0.1, 0.15) is 34.9 Å². The van der Waals surface area contributed by atoms with Gasteiger partial charge in [0.2, 0.25) is 0 Å². The minimum Gasteiger partial charge on any atom is -0.475 e. The van der Waals surface area contributed by atoms with E-state index in [2.05, 4.69) is 26.7 Å². The summed E-state index contributed by atoms with van der Waals surface area (Å²) in [4.78, 5) is 28.8. The van der Waals surface area contributed by atoms with E-state index in [1.54, 1.807) is 23.7 Å². The van der Waals surface area contributed by atoms with Gasteiger partial charge in [0.1, 0.15) is 5.52 Å². The van der Waals surface area contributed by atoms with E-state index in [-0.39, 0.29) is 17.6 Å². The van der Waals surface area contributed by atoms with Crippen LogP contribution in [0.2, 0.25) is 0 Å². The molecule has 3 N–H and O–H groups in total. The van der Waals surface area contributed by atoms with Crippen molar-refractivity contribution in [1.29, 1.82) is 0 Å². The first-order valence-corrected chi connectivity index (χ1v) is 13.3. The third kappa shape index (κ3) is 6.31. The maximum atomic E-state index is 14.6. The summed E-state index contributed by atoms with van der Waals surface area (Å²) < 4.78 is 55.4. The van der Waals surface area contributed by atoms with Crippen LogP contribution in [0.25, 0.3) is 16.6 Å². The number of ether oxygens (including phenoxy) is 1. The van der Waals surface area contributed by atoms with Crippen molar-refractivity contribution in [2.24, 2.45) is 0 Å². The maximum Gasteiger partial charge on any atom is 0.490 e. The molecule has 2 fully saturated rings. The molecular formula is C27H29F4N7O4. The Morgan fingerprint density at radius 2 is 1.81 bits per heavy atom. The van der Waals surface area contributed by atoms with E-state index in [4.69, 9.17) is 19.7 Å². The number of anilines is 2. The summed E-state index contributed by atoms with van der Waals surface area (Å²) in [6.45, 7) is 6.84. The maximum absolute atomic E-state index is 14.6. The van der Waals surface area contributed by atoms with Gasteiger partial charge in [-0.1, -0.05) is 0 Å². The third-order valence-corrected chi connectivity index (χ3v) is 7.07. The highest BCUT2D eigenvalue weighted by atomic mass is 19.4. The van der Waals surface area contributed by atoms with Gasteiger partial charge in [-0.05, 0) is 31.9 Å². The quantitative estimate of drug-likeness (QED) is 0.306. The number of amides is 1. The Hall–Kier alpha value is -4.24. The summed E-state index contributed by atoms with van der Waals surface area (Å²) in [7, 11) is 0. The Labute approximate surface area is 237 Å². The van der Waals surface area contributed by atoms with Gasteiger partial charge in [-0.25, -0.2) is 14.2 Å². The van der Waals surface area contributed by atoms with Crippen LogP contribution < -0.4 is 15.5 Å². The van der Waals surface area contributed by atoms with Gasteiger partial charge in [-0.3, -0.25) is 9.48 Å². The molecule has 0 radical (unpaired) electrons. The summed E-state index contributed by atoms with van der Waals surface area (Å²) in [5.74, 6) is -3.57. The first-order valence-electron chi connectivity index (χ1n) is 13.3. The standard InChI is InChI=1S/C25H28FN7O2.C2HF3O2/c1-16-13-32-14-17(12-21(26)24(32)28-16)29-25(34)19-2-3-22(31-8-6-27-7-9-31)20-15-33(30-23(19)20)18-4-10-35-11-5-18;3-2(4,5)1(6)7/h2-3,12-15,18,27H,4-11H2,1H3,(H,29,34);(H,6,7). The molecule has 2 saturated heterocycles. The number of halogens is 4. The SMILES string of the molecule is Cc1cn2cc(NC(=O)c3ccc(N4CCNCC4)c4cn(C5CCOCC5)nc34)cc(F)c2n1.O=C(O)C(F)(F)F. The lowest BCUT2D eigenvalue weighted by Gasteiger charge is -2.30. The number of aliphatic carboxylic acids is 1. The highest BCUT2D eigenvalue weighted by molar-refractivity contribution is 6.14. The van der Waals surface area contributed by atoms with Crippen LogP contribution in [0.5, 0.6) is 0 Å². The molecule has 6 rings (SSSR count). The molecule has 0 spiro atoms. The number of aryl methyl sites for hydroxylation is 1. The van der Waals surface area contributed by atoms with Gasteiger partial charge in [0.25, 0.3) is 5.91 Å². The molecule has 2 aliphatic heterocycles. The van der Waals surface area contributed by atoms with Crippen molar-refractivity contribution in [3.63, 3.8) is 0 Å². The monoisotopic (exact) mass is 591 g/mol. The van der Waals surface area contributed by atoms with E-state index in [1.807, 2.05) is 16.8 Å². The highest BCUT2D eigenvalue weighted by Gasteiger charge is 2.38. The van der Waals surface area contributed by atoms with E-state index in [1.165, 1.54) is 6.07 Å². The number of benzene rings is 1. The average Bonchev–Trinajstić information content (AvgIpc) is 3.57. The van der Waals surface area contributed by atoms with Crippen molar-refractivity contribution >= 4 is 39.8 Å². The molecular weight excluding hydrogens is 562 g/mol. The smallest absolute Gasteiger partial charge is 0.475 e. The van der Waals surface area contributed by atoms with Crippen LogP contribution in [0.4, 0.5) is 28.9 Å². The zero-order valence-electron chi connectivity index (χ0n) is 22.6. The van der Waals surface area contributed by atoms with Gasteiger partial charge in [-0.15, -0.1) is 0 Å². The number of alkyl halides is 3. The van der Waals surface area contributed by atoms with Gasteiger partial charge >= 0.3 is 12.1 Å². The van der Waals surface area contributed by atoms with Gasteiger partial charge in [0.15, 0.2) is 11.5 Å². The number of carboxylic acid groups (broad SMARTS) is 1. The van der Waals surface area contributed by atoms with Crippen molar-refractivity contribution in [3.05, 3.63) is 53.9 Å². The molecule has 42 heavy (non-hydrogen) atoms. The molecule has 15 heteroatoms. The Bertz CT molecular complexity index is 1610. The molecule has 224 valence electrons. The summed E-state index contributed by atoms with van der Waals surface area (Å²) in [5, 5.41) is 19.2. The molecule has 1 aromatic carbocycles. The molecule has 1 amide bonds. The number of carbonyl (C=O) groups excluding carboxylic acids is 1. The number of carboxylic acids is 1. The van der Waals surface area contributed by atoms with E-state index in [9.17, 15) is 22.4 Å². The molecule has 4 aromatic rings. The van der Waals surface area contributed by atoms with Crippen molar-refractivity contribution in [2.75, 3.05) is 49.6 Å². The van der Waals surface area contributed by atoms with Gasteiger partial charge in [-0.2, -0.15) is 18.3 Å². The highest BCUT2D eigenvalue weighted by Crippen LogP contribution is 2.32. The number of aromatic nitrogens is 4. The van der Waals surface area contributed by atoms with E-state index in [0.717, 1.165) is 50.1 Å². The summed E-state index contributed by atoms with van der Waals surface area (Å²) in [6.07, 6.45) is 2.16. The molecule has 5 heterocycles. The molecule has 2 aliphatic rings. The van der Waals surface area contributed by atoms with Gasteiger partial charge in [0, 0.05) is 75.1 Å². The number of rotatable bonds is 4. The van der Waals surface area contributed by atoms with Crippen molar-refractivity contribution < 1.29 is 37.0 Å². The topological polar surface area (TPSA) is 126 Å². The minimum atomic E-state index is -5.08. The summed E-state index contributed by atoms with van der Waals surface area (Å²) >= 11 is 0. The third-order valence-electron chi connectivity index (χ3n) is 7.07. The normalized spacial score (nSPS) is 16.4. The number of nitrogens with one attached hydrogen (secondary N) is 2. The lowest BCUT2D eigenvalue weighted by atomic mass is 10.1. The Balaban J connectivity index is 0.000000451. The Kier molecular flexibility index (Phi) is 8.31. The van der Waals surface area contributed by atoms with Crippen molar-refractivity contribution in [1.82, 2.24) is 24.5 Å². The van der Waals surface area contributed by atoms with Crippen LogP contribution in [-0.2, 0) is 9.53 Å². The number of carbonyl (C=O) groups is 2. The largest absolute Gasteiger partial charge is 0.490 e. The zero-order valence-corrected chi connectivity index (χ0v) is 22.6. The number of imidazole rings is 1. The molecule has 0 unspecified atom stereocenters. The van der Waals surface area contributed by atoms with E-state index in [0.29, 0.717) is 35.7 Å². The first kappa shape index (κ1) is 29.3. The lowest BCUT2D eigenvalue weighted by molar-refractivity contribution is -0.192. The molecule has 0 atom stereocenters. The van der Waals surface area contributed by atoms with Crippen LogP contribution in [0, 0.1) is 12.7 Å². The fraction of sp³-hybridized carbons (Fsp3) is 0.407. The average molecular weight is 592 g/mol. The van der Waals surface area contributed by atoms with E-state index < -0.39 is 18.0 Å². The predicted octanol–water partition coefficient (Wildman–Crippen LogP) is 3.78. The number of hydrogen-bond donors (Lipinski definition) is 3. The Morgan fingerprint density at radius 3 is 2.48 bits per heavy atom. The number of nitrogens with zero attached hydrogens (tertiary/aromatic N) is 5. The number of fused-ring (bicyclic) bond motifs is 2. The summed E-state index contributed by atoms with van der Waals surface area (Å²) in [6, 6.07) is 5.37. The van der Waals surface area contributed by atoms with Crippen molar-refractivity contribution in [3.8, 4) is 0 Å².